The Morgan fingerprint density at radius 3 is 2.21 bits per heavy atom. The number of hydrogen-bond acceptors (Lipinski definition) is 4. The molecule has 0 heterocycles. The lowest BCUT2D eigenvalue weighted by Gasteiger charge is -2.32. The van der Waals surface area contributed by atoms with Crippen molar-refractivity contribution in [3.8, 4) is 0 Å². The lowest BCUT2D eigenvalue weighted by Crippen LogP contribution is -2.52. The molecule has 39 heavy (non-hydrogen) atoms. The number of carbonyl (C=O) groups excluding carboxylic acids is 2. The second-order valence-electron chi connectivity index (χ2n) is 9.62. The van der Waals surface area contributed by atoms with Crippen molar-refractivity contribution >= 4 is 55.1 Å². The van der Waals surface area contributed by atoms with Crippen LogP contribution in [0.15, 0.2) is 88.2 Å². The molecule has 10 heteroatoms. The largest absolute Gasteiger partial charge is 0.352 e. The van der Waals surface area contributed by atoms with Crippen LogP contribution in [-0.4, -0.2) is 43.8 Å². The van der Waals surface area contributed by atoms with Crippen LogP contribution in [0.4, 0.5) is 5.69 Å². The van der Waals surface area contributed by atoms with Crippen LogP contribution >= 0.6 is 27.5 Å². The van der Waals surface area contributed by atoms with Crippen LogP contribution < -0.4 is 9.62 Å². The predicted octanol–water partition coefficient (Wildman–Crippen LogP) is 5.77. The molecule has 2 amide bonds. The molecule has 3 aromatic rings. The summed E-state index contributed by atoms with van der Waals surface area (Å²) in [6.45, 7) is 1.35. The Hall–Kier alpha value is -2.88. The van der Waals surface area contributed by atoms with Crippen molar-refractivity contribution in [2.75, 3.05) is 10.8 Å². The van der Waals surface area contributed by atoms with Crippen LogP contribution in [0.1, 0.15) is 38.2 Å². The molecule has 1 aliphatic carbocycles. The Morgan fingerprint density at radius 2 is 1.59 bits per heavy atom. The van der Waals surface area contributed by atoms with Gasteiger partial charge in [0.05, 0.1) is 10.6 Å². The molecule has 0 aliphatic heterocycles. The van der Waals surface area contributed by atoms with Gasteiger partial charge in [0.2, 0.25) is 11.8 Å². The Labute approximate surface area is 243 Å². The Balaban J connectivity index is 1.66. The van der Waals surface area contributed by atoms with E-state index < -0.39 is 28.5 Å². The van der Waals surface area contributed by atoms with Crippen LogP contribution in [0.25, 0.3) is 0 Å². The van der Waals surface area contributed by atoms with Gasteiger partial charge in [0.25, 0.3) is 10.0 Å². The highest BCUT2D eigenvalue weighted by molar-refractivity contribution is 9.10. The topological polar surface area (TPSA) is 86.8 Å². The molecule has 7 nitrogen and oxygen atoms in total. The van der Waals surface area contributed by atoms with Crippen molar-refractivity contribution < 1.29 is 18.0 Å². The normalized spacial score (nSPS) is 14.5. The van der Waals surface area contributed by atoms with Crippen LogP contribution in [-0.2, 0) is 26.2 Å². The SMILES string of the molecule is C[C@H](C(=O)NC1CCCC1)N(Cc1ccc(Br)cc1)C(=O)CN(c1ccccc1)S(=O)(=O)c1ccc(Cl)cc1. The van der Waals surface area contributed by atoms with E-state index in [1.54, 1.807) is 37.3 Å². The summed E-state index contributed by atoms with van der Waals surface area (Å²) in [6.07, 6.45) is 3.96. The summed E-state index contributed by atoms with van der Waals surface area (Å²) < 4.78 is 29.5. The molecule has 0 spiro atoms. The van der Waals surface area contributed by atoms with Crippen molar-refractivity contribution in [2.24, 2.45) is 0 Å². The Bertz CT molecular complexity index is 1380. The van der Waals surface area contributed by atoms with E-state index in [0.717, 1.165) is 40.0 Å². The molecule has 0 aromatic heterocycles. The predicted molar refractivity (Wildman–Crippen MR) is 157 cm³/mol. The number of sulfonamides is 1. The summed E-state index contributed by atoms with van der Waals surface area (Å²) in [7, 11) is -4.12. The smallest absolute Gasteiger partial charge is 0.264 e. The third-order valence-corrected chi connectivity index (χ3v) is 9.43. The van der Waals surface area contributed by atoms with Gasteiger partial charge in [-0.2, -0.15) is 0 Å². The zero-order valence-electron chi connectivity index (χ0n) is 21.6. The van der Waals surface area contributed by atoms with Crippen LogP contribution in [0.5, 0.6) is 0 Å². The summed E-state index contributed by atoms with van der Waals surface area (Å²) >= 11 is 9.41. The fraction of sp³-hybridized carbons (Fsp3) is 0.310. The van der Waals surface area contributed by atoms with E-state index in [2.05, 4.69) is 21.2 Å². The fourth-order valence-electron chi connectivity index (χ4n) is 4.62. The second-order valence-corrected chi connectivity index (χ2v) is 12.8. The zero-order valence-corrected chi connectivity index (χ0v) is 24.8. The number of rotatable bonds is 10. The molecule has 1 atom stereocenters. The zero-order chi connectivity index (χ0) is 28.0. The summed E-state index contributed by atoms with van der Waals surface area (Å²) in [4.78, 5) is 28.6. The third-order valence-electron chi connectivity index (χ3n) is 6.86. The Morgan fingerprint density at radius 1 is 0.974 bits per heavy atom. The van der Waals surface area contributed by atoms with Gasteiger partial charge in [-0.05, 0) is 73.9 Å². The number of carbonyl (C=O) groups is 2. The molecule has 0 bridgehead atoms. The first-order chi connectivity index (χ1) is 18.6. The molecule has 1 saturated carbocycles. The first-order valence-corrected chi connectivity index (χ1v) is 15.4. The molecular formula is C29H31BrClN3O4S. The van der Waals surface area contributed by atoms with E-state index in [9.17, 15) is 18.0 Å². The number of hydrogen-bond donors (Lipinski definition) is 1. The molecule has 0 unspecified atom stereocenters. The summed E-state index contributed by atoms with van der Waals surface area (Å²) in [5.41, 5.74) is 1.16. The molecule has 1 fully saturated rings. The first kappa shape index (κ1) is 29.1. The minimum atomic E-state index is -4.12. The van der Waals surface area contributed by atoms with E-state index in [0.29, 0.717) is 10.7 Å². The van der Waals surface area contributed by atoms with E-state index in [1.807, 2.05) is 24.3 Å². The van der Waals surface area contributed by atoms with Gasteiger partial charge in [-0.25, -0.2) is 8.42 Å². The van der Waals surface area contributed by atoms with Crippen molar-refractivity contribution in [3.63, 3.8) is 0 Å². The summed E-state index contributed by atoms with van der Waals surface area (Å²) in [5, 5.41) is 3.47. The number of nitrogens with one attached hydrogen (secondary N) is 1. The van der Waals surface area contributed by atoms with Gasteiger partial charge in [-0.1, -0.05) is 70.7 Å². The van der Waals surface area contributed by atoms with E-state index in [-0.39, 0.29) is 23.4 Å². The second kappa shape index (κ2) is 13.0. The number of amides is 2. The third kappa shape index (κ3) is 7.41. The average Bonchev–Trinajstić information content (AvgIpc) is 3.44. The minimum absolute atomic E-state index is 0.00929. The lowest BCUT2D eigenvalue weighted by atomic mass is 10.1. The van der Waals surface area contributed by atoms with Gasteiger partial charge in [0.1, 0.15) is 12.6 Å². The van der Waals surface area contributed by atoms with E-state index in [1.165, 1.54) is 29.2 Å². The maximum atomic E-state index is 13.9. The van der Waals surface area contributed by atoms with Gasteiger partial charge in [0, 0.05) is 22.1 Å². The average molecular weight is 633 g/mol. The van der Waals surface area contributed by atoms with Crippen LogP contribution in [0.3, 0.4) is 0 Å². The molecular weight excluding hydrogens is 602 g/mol. The van der Waals surface area contributed by atoms with Gasteiger partial charge < -0.3 is 10.2 Å². The van der Waals surface area contributed by atoms with Crippen LogP contribution in [0, 0.1) is 0 Å². The van der Waals surface area contributed by atoms with Crippen molar-refractivity contribution in [1.82, 2.24) is 10.2 Å². The maximum Gasteiger partial charge on any atom is 0.264 e. The highest BCUT2D eigenvalue weighted by Crippen LogP contribution is 2.26. The number of anilines is 1. The quantitative estimate of drug-likeness (QED) is 0.307. The summed E-state index contributed by atoms with van der Waals surface area (Å²) in [5.74, 6) is -0.743. The lowest BCUT2D eigenvalue weighted by molar-refractivity contribution is -0.139. The van der Waals surface area contributed by atoms with E-state index >= 15 is 0 Å². The first-order valence-electron chi connectivity index (χ1n) is 12.8. The number of para-hydroxylation sites is 1. The molecule has 3 aromatic carbocycles. The molecule has 4 rings (SSSR count). The number of halogens is 2. The number of benzene rings is 3. The highest BCUT2D eigenvalue weighted by Gasteiger charge is 2.33. The number of nitrogens with zero attached hydrogens (tertiary/aromatic N) is 2. The van der Waals surface area contributed by atoms with Crippen LogP contribution in [0.2, 0.25) is 5.02 Å². The monoisotopic (exact) mass is 631 g/mol. The highest BCUT2D eigenvalue weighted by atomic mass is 79.9. The molecule has 0 radical (unpaired) electrons. The van der Waals surface area contributed by atoms with Crippen molar-refractivity contribution in [3.05, 3.63) is 93.9 Å². The van der Waals surface area contributed by atoms with Crippen molar-refractivity contribution in [2.45, 2.75) is 56.1 Å². The fourth-order valence-corrected chi connectivity index (χ4v) is 6.42. The van der Waals surface area contributed by atoms with Gasteiger partial charge in [-0.3, -0.25) is 13.9 Å². The standard InChI is InChI=1S/C29H31BrClN3O4S/c1-21(29(36)32-25-7-5-6-8-25)33(19-22-11-13-23(30)14-12-22)28(35)20-34(26-9-3-2-4-10-26)39(37,38)27-17-15-24(31)16-18-27/h2-4,9-18,21,25H,5-8,19-20H2,1H3,(H,32,36)/t21-/m1/s1. The minimum Gasteiger partial charge on any atom is -0.352 e. The van der Waals surface area contributed by atoms with Gasteiger partial charge in [0.15, 0.2) is 0 Å². The molecule has 1 aliphatic rings. The molecule has 1 N–H and O–H groups in total. The molecule has 0 saturated heterocycles. The maximum absolute atomic E-state index is 13.9. The molecule has 206 valence electrons. The van der Waals surface area contributed by atoms with Gasteiger partial charge in [-0.15, -0.1) is 0 Å². The summed E-state index contributed by atoms with van der Waals surface area (Å²) in [6, 6.07) is 21.0. The van der Waals surface area contributed by atoms with Crippen molar-refractivity contribution in [1.29, 1.82) is 0 Å². The van der Waals surface area contributed by atoms with Gasteiger partial charge >= 0.3 is 0 Å². The Kier molecular flexibility index (Phi) is 9.69. The van der Waals surface area contributed by atoms with E-state index in [4.69, 9.17) is 11.6 Å².